The number of benzene rings is 2. The number of amides is 2. The number of ether oxygens (including phenoxy) is 1. The van der Waals surface area contributed by atoms with Crippen molar-refractivity contribution in [3.63, 3.8) is 0 Å². The highest BCUT2D eigenvalue weighted by molar-refractivity contribution is 7.92. The van der Waals surface area contributed by atoms with Gasteiger partial charge in [-0.05, 0) is 55.5 Å². The minimum Gasteiger partial charge on any atom is -0.497 e. The molecule has 1 N–H and O–H groups in total. The SMILES string of the molecule is CCC(C(=O)NC1CCCC1)N(Cc1ccc(Cl)cc1Cl)C(=O)CCCN(c1cccc(OC)c1)S(C)(=O)=O. The molecule has 0 aromatic heterocycles. The van der Waals surface area contributed by atoms with Gasteiger partial charge in [-0.2, -0.15) is 0 Å². The first-order chi connectivity index (χ1) is 18.5. The van der Waals surface area contributed by atoms with Gasteiger partial charge in [0, 0.05) is 41.7 Å². The van der Waals surface area contributed by atoms with E-state index in [1.54, 1.807) is 47.4 Å². The third kappa shape index (κ3) is 8.75. The molecule has 0 saturated heterocycles. The Hall–Kier alpha value is -2.49. The Kier molecular flexibility index (Phi) is 11.3. The van der Waals surface area contributed by atoms with Gasteiger partial charge in [0.15, 0.2) is 0 Å². The Labute approximate surface area is 241 Å². The van der Waals surface area contributed by atoms with Crippen LogP contribution in [0.25, 0.3) is 0 Å². The predicted molar refractivity (Wildman–Crippen MR) is 156 cm³/mol. The van der Waals surface area contributed by atoms with Crippen molar-refractivity contribution in [3.05, 3.63) is 58.1 Å². The second kappa shape index (κ2) is 14.2. The molecule has 1 fully saturated rings. The van der Waals surface area contributed by atoms with Crippen molar-refractivity contribution in [3.8, 4) is 5.75 Å². The smallest absolute Gasteiger partial charge is 0.243 e. The van der Waals surface area contributed by atoms with Gasteiger partial charge in [0.05, 0.1) is 19.1 Å². The second-order valence-corrected chi connectivity index (χ2v) is 12.6. The maximum Gasteiger partial charge on any atom is 0.243 e. The number of carbonyl (C=O) groups is 2. The van der Waals surface area contributed by atoms with Crippen LogP contribution in [-0.4, -0.2) is 57.1 Å². The summed E-state index contributed by atoms with van der Waals surface area (Å²) in [4.78, 5) is 28.5. The van der Waals surface area contributed by atoms with E-state index in [0.29, 0.717) is 33.5 Å². The molecule has 0 bridgehead atoms. The summed E-state index contributed by atoms with van der Waals surface area (Å²) >= 11 is 12.5. The molecular formula is C28H37Cl2N3O5S. The minimum absolute atomic E-state index is 0.0500. The lowest BCUT2D eigenvalue weighted by Crippen LogP contribution is -2.51. The van der Waals surface area contributed by atoms with Crippen molar-refractivity contribution >= 4 is 50.7 Å². The first-order valence-electron chi connectivity index (χ1n) is 13.2. The second-order valence-electron chi connectivity index (χ2n) is 9.81. The molecule has 1 aliphatic carbocycles. The van der Waals surface area contributed by atoms with Crippen molar-refractivity contribution in [2.75, 3.05) is 24.2 Å². The summed E-state index contributed by atoms with van der Waals surface area (Å²) < 4.78 is 31.6. The number of hydrogen-bond acceptors (Lipinski definition) is 5. The lowest BCUT2D eigenvalue weighted by molar-refractivity contribution is -0.141. The molecule has 1 atom stereocenters. The van der Waals surface area contributed by atoms with E-state index in [2.05, 4.69) is 5.32 Å². The van der Waals surface area contributed by atoms with Gasteiger partial charge in [0.25, 0.3) is 0 Å². The Morgan fingerprint density at radius 2 is 1.85 bits per heavy atom. The fourth-order valence-electron chi connectivity index (χ4n) is 4.89. The van der Waals surface area contributed by atoms with E-state index >= 15 is 0 Å². The molecule has 39 heavy (non-hydrogen) atoms. The van der Waals surface area contributed by atoms with Gasteiger partial charge in [0.1, 0.15) is 11.8 Å². The summed E-state index contributed by atoms with van der Waals surface area (Å²) in [7, 11) is -2.10. The molecule has 0 radical (unpaired) electrons. The van der Waals surface area contributed by atoms with Gasteiger partial charge >= 0.3 is 0 Å². The predicted octanol–water partition coefficient (Wildman–Crippen LogP) is 5.41. The fraction of sp³-hybridized carbons (Fsp3) is 0.500. The molecule has 8 nitrogen and oxygen atoms in total. The van der Waals surface area contributed by atoms with Crippen LogP contribution in [0.15, 0.2) is 42.5 Å². The first-order valence-corrected chi connectivity index (χ1v) is 15.8. The van der Waals surface area contributed by atoms with Gasteiger partial charge in [-0.15, -0.1) is 0 Å². The van der Waals surface area contributed by atoms with E-state index in [1.807, 2.05) is 6.92 Å². The number of nitrogens with one attached hydrogen (secondary N) is 1. The maximum absolute atomic E-state index is 13.6. The molecule has 2 amide bonds. The van der Waals surface area contributed by atoms with E-state index < -0.39 is 16.1 Å². The summed E-state index contributed by atoms with van der Waals surface area (Å²) in [5.74, 6) is 0.0906. The van der Waals surface area contributed by atoms with Gasteiger partial charge in [-0.3, -0.25) is 13.9 Å². The highest BCUT2D eigenvalue weighted by Gasteiger charge is 2.31. The zero-order chi connectivity index (χ0) is 28.6. The Morgan fingerprint density at radius 1 is 1.13 bits per heavy atom. The number of carbonyl (C=O) groups excluding carboxylic acids is 2. The van der Waals surface area contributed by atoms with Crippen molar-refractivity contribution in [1.29, 1.82) is 0 Å². The molecule has 0 aliphatic heterocycles. The van der Waals surface area contributed by atoms with E-state index in [-0.39, 0.29) is 43.8 Å². The summed E-state index contributed by atoms with van der Waals surface area (Å²) in [6, 6.07) is 11.3. The first kappa shape index (κ1) is 31.0. The van der Waals surface area contributed by atoms with Crippen molar-refractivity contribution in [1.82, 2.24) is 10.2 Å². The van der Waals surface area contributed by atoms with E-state index in [1.165, 1.54) is 11.4 Å². The van der Waals surface area contributed by atoms with Crippen LogP contribution < -0.4 is 14.4 Å². The van der Waals surface area contributed by atoms with Crippen molar-refractivity contribution in [2.45, 2.75) is 70.5 Å². The number of hydrogen-bond donors (Lipinski definition) is 1. The number of methoxy groups -OCH3 is 1. The summed E-state index contributed by atoms with van der Waals surface area (Å²) in [6.07, 6.45) is 5.89. The number of anilines is 1. The monoisotopic (exact) mass is 597 g/mol. The number of halogens is 2. The lowest BCUT2D eigenvalue weighted by atomic mass is 10.1. The highest BCUT2D eigenvalue weighted by Crippen LogP contribution is 2.26. The zero-order valence-electron chi connectivity index (χ0n) is 22.7. The van der Waals surface area contributed by atoms with E-state index in [4.69, 9.17) is 27.9 Å². The molecule has 0 spiro atoms. The van der Waals surface area contributed by atoms with Crippen LogP contribution in [-0.2, 0) is 26.2 Å². The molecule has 1 aliphatic rings. The summed E-state index contributed by atoms with van der Waals surface area (Å²) in [5, 5.41) is 4.00. The van der Waals surface area contributed by atoms with Gasteiger partial charge in [0.2, 0.25) is 21.8 Å². The van der Waals surface area contributed by atoms with Crippen LogP contribution in [0.5, 0.6) is 5.75 Å². The molecule has 1 unspecified atom stereocenters. The van der Waals surface area contributed by atoms with E-state index in [0.717, 1.165) is 31.9 Å². The molecule has 1 saturated carbocycles. The fourth-order valence-corrected chi connectivity index (χ4v) is 6.32. The third-order valence-electron chi connectivity index (χ3n) is 6.94. The third-order valence-corrected chi connectivity index (χ3v) is 8.72. The largest absolute Gasteiger partial charge is 0.497 e. The van der Waals surface area contributed by atoms with Crippen LogP contribution in [0, 0.1) is 0 Å². The van der Waals surface area contributed by atoms with Gasteiger partial charge in [-0.1, -0.05) is 55.1 Å². The molecule has 11 heteroatoms. The van der Waals surface area contributed by atoms with Gasteiger partial charge in [-0.25, -0.2) is 8.42 Å². The van der Waals surface area contributed by atoms with Crippen LogP contribution in [0.1, 0.15) is 57.4 Å². The average Bonchev–Trinajstić information content (AvgIpc) is 3.40. The quantitative estimate of drug-likeness (QED) is 0.333. The zero-order valence-corrected chi connectivity index (χ0v) is 25.0. The van der Waals surface area contributed by atoms with E-state index in [9.17, 15) is 18.0 Å². The lowest BCUT2D eigenvalue weighted by Gasteiger charge is -2.32. The summed E-state index contributed by atoms with van der Waals surface area (Å²) in [5.41, 5.74) is 1.13. The number of nitrogens with zero attached hydrogens (tertiary/aromatic N) is 2. The topological polar surface area (TPSA) is 96.0 Å². The highest BCUT2D eigenvalue weighted by atomic mass is 35.5. The van der Waals surface area contributed by atoms with Crippen LogP contribution in [0.3, 0.4) is 0 Å². The molecule has 214 valence electrons. The number of sulfonamides is 1. The van der Waals surface area contributed by atoms with Crippen LogP contribution in [0.2, 0.25) is 10.0 Å². The number of rotatable bonds is 13. The Morgan fingerprint density at radius 3 is 2.46 bits per heavy atom. The Balaban J connectivity index is 1.79. The average molecular weight is 599 g/mol. The van der Waals surface area contributed by atoms with Crippen molar-refractivity contribution < 1.29 is 22.7 Å². The molecular weight excluding hydrogens is 561 g/mol. The Bertz CT molecular complexity index is 1250. The summed E-state index contributed by atoms with van der Waals surface area (Å²) in [6.45, 7) is 2.10. The molecule has 3 rings (SSSR count). The minimum atomic E-state index is -3.61. The van der Waals surface area contributed by atoms with Crippen LogP contribution in [0.4, 0.5) is 5.69 Å². The standard InChI is InChI=1S/C28H37Cl2N3O5S/c1-4-26(28(35)31-22-9-5-6-10-22)32(19-20-14-15-21(29)17-25(20)30)27(34)13-8-16-33(39(3,36)37)23-11-7-12-24(18-23)38-2/h7,11-12,14-15,17-18,22,26H,4-6,8-10,13,16,19H2,1-3H3,(H,31,35). The maximum atomic E-state index is 13.6. The van der Waals surface area contributed by atoms with Crippen LogP contribution >= 0.6 is 23.2 Å². The molecule has 2 aromatic rings. The molecule has 0 heterocycles. The molecule has 2 aromatic carbocycles. The van der Waals surface area contributed by atoms with Crippen molar-refractivity contribution in [2.24, 2.45) is 0 Å². The van der Waals surface area contributed by atoms with Gasteiger partial charge < -0.3 is 15.0 Å². The normalized spacial score (nSPS) is 14.6.